The Morgan fingerprint density at radius 1 is 0.929 bits per heavy atom. The van der Waals surface area contributed by atoms with Gasteiger partial charge >= 0.3 is 0 Å². The van der Waals surface area contributed by atoms with Gasteiger partial charge in [-0.1, -0.05) is 67.4 Å². The van der Waals surface area contributed by atoms with E-state index in [9.17, 15) is 18.0 Å². The fourth-order valence-electron chi connectivity index (χ4n) is 4.60. The summed E-state index contributed by atoms with van der Waals surface area (Å²) in [6.45, 7) is 2.89. The number of amides is 2. The van der Waals surface area contributed by atoms with Crippen LogP contribution in [0.2, 0.25) is 5.02 Å². The van der Waals surface area contributed by atoms with Crippen LogP contribution in [0.3, 0.4) is 0 Å². The predicted octanol–water partition coefficient (Wildman–Crippen LogP) is 5.45. The molecular formula is C32H40ClN3O5S. The van der Waals surface area contributed by atoms with Gasteiger partial charge in [-0.3, -0.25) is 13.9 Å². The largest absolute Gasteiger partial charge is 0.497 e. The van der Waals surface area contributed by atoms with Crippen molar-refractivity contribution in [2.75, 3.05) is 30.8 Å². The Bertz CT molecular complexity index is 1380. The molecule has 1 atom stereocenters. The Kier molecular flexibility index (Phi) is 12.7. The van der Waals surface area contributed by atoms with E-state index in [1.165, 1.54) is 4.31 Å². The predicted molar refractivity (Wildman–Crippen MR) is 168 cm³/mol. The Labute approximate surface area is 254 Å². The van der Waals surface area contributed by atoms with E-state index < -0.39 is 16.1 Å². The van der Waals surface area contributed by atoms with Crippen molar-refractivity contribution in [2.45, 2.75) is 51.6 Å². The molecule has 3 aromatic rings. The Morgan fingerprint density at radius 3 is 2.19 bits per heavy atom. The fraction of sp³-hybridized carbons (Fsp3) is 0.375. The topological polar surface area (TPSA) is 96.0 Å². The van der Waals surface area contributed by atoms with E-state index in [2.05, 4.69) is 12.2 Å². The van der Waals surface area contributed by atoms with Gasteiger partial charge in [0.1, 0.15) is 11.8 Å². The highest BCUT2D eigenvalue weighted by molar-refractivity contribution is 7.92. The standard InChI is InChI=1S/C32H40ClN3O5S/c1-4-5-21-34-32(38)30(23-25-10-7-6-8-11-25)35(24-26-13-15-27(33)16-14-26)31(37)12-9-22-36(42(3,39)40)28-17-19-29(41-2)20-18-28/h6-8,10-11,13-20,30H,4-5,9,12,21-24H2,1-3H3,(H,34,38)/t30-/m0/s1. The smallest absolute Gasteiger partial charge is 0.243 e. The molecule has 0 saturated heterocycles. The highest BCUT2D eigenvalue weighted by Crippen LogP contribution is 2.23. The molecule has 1 N–H and O–H groups in total. The SMILES string of the molecule is CCCCNC(=O)[C@H](Cc1ccccc1)N(Cc1ccc(Cl)cc1)C(=O)CCCN(c1ccc(OC)cc1)S(C)(=O)=O. The quantitative estimate of drug-likeness (QED) is 0.217. The number of sulfonamides is 1. The first-order valence-electron chi connectivity index (χ1n) is 14.1. The number of ether oxygens (including phenoxy) is 1. The summed E-state index contributed by atoms with van der Waals surface area (Å²) in [5, 5.41) is 3.59. The lowest BCUT2D eigenvalue weighted by Gasteiger charge is -2.32. The van der Waals surface area contributed by atoms with Crippen molar-refractivity contribution in [3.05, 3.63) is 95.0 Å². The first-order chi connectivity index (χ1) is 20.1. The van der Waals surface area contributed by atoms with Crippen molar-refractivity contribution >= 4 is 39.1 Å². The molecule has 3 aromatic carbocycles. The number of hydrogen-bond acceptors (Lipinski definition) is 5. The minimum Gasteiger partial charge on any atom is -0.497 e. The number of nitrogens with zero attached hydrogens (tertiary/aromatic N) is 2. The third-order valence-electron chi connectivity index (χ3n) is 6.88. The third-order valence-corrected chi connectivity index (χ3v) is 8.33. The maximum atomic E-state index is 13.9. The van der Waals surface area contributed by atoms with Crippen molar-refractivity contribution in [1.82, 2.24) is 10.2 Å². The van der Waals surface area contributed by atoms with Gasteiger partial charge in [-0.15, -0.1) is 0 Å². The van der Waals surface area contributed by atoms with Gasteiger partial charge in [0.2, 0.25) is 21.8 Å². The molecule has 0 saturated carbocycles. The molecule has 0 aliphatic heterocycles. The van der Waals surface area contributed by atoms with E-state index in [0.717, 1.165) is 30.2 Å². The molecule has 226 valence electrons. The minimum absolute atomic E-state index is 0.0588. The lowest BCUT2D eigenvalue weighted by molar-refractivity contribution is -0.141. The molecule has 8 nitrogen and oxygen atoms in total. The molecule has 0 fully saturated rings. The maximum Gasteiger partial charge on any atom is 0.243 e. The van der Waals surface area contributed by atoms with Crippen molar-refractivity contribution in [3.8, 4) is 5.75 Å². The van der Waals surface area contributed by atoms with Crippen molar-refractivity contribution < 1.29 is 22.7 Å². The van der Waals surface area contributed by atoms with Crippen LogP contribution in [-0.2, 0) is 32.6 Å². The van der Waals surface area contributed by atoms with Gasteiger partial charge in [-0.05, 0) is 60.4 Å². The number of hydrogen-bond donors (Lipinski definition) is 1. The highest BCUT2D eigenvalue weighted by Gasteiger charge is 2.30. The second kappa shape index (κ2) is 16.2. The summed E-state index contributed by atoms with van der Waals surface area (Å²) in [5.74, 6) is 0.159. The molecule has 0 aromatic heterocycles. The monoisotopic (exact) mass is 613 g/mol. The van der Waals surface area contributed by atoms with Crippen molar-refractivity contribution in [3.63, 3.8) is 0 Å². The summed E-state index contributed by atoms with van der Waals surface area (Å²) in [6, 6.07) is 22.8. The maximum absolute atomic E-state index is 13.9. The van der Waals surface area contributed by atoms with Gasteiger partial charge in [0, 0.05) is 37.5 Å². The molecular weight excluding hydrogens is 574 g/mol. The van der Waals surface area contributed by atoms with E-state index in [1.807, 2.05) is 42.5 Å². The number of carbonyl (C=O) groups excluding carboxylic acids is 2. The Hall–Kier alpha value is -3.56. The number of anilines is 1. The average molecular weight is 614 g/mol. The van der Waals surface area contributed by atoms with Crippen molar-refractivity contribution in [1.29, 1.82) is 0 Å². The van der Waals surface area contributed by atoms with Gasteiger partial charge in [0.25, 0.3) is 0 Å². The zero-order chi connectivity index (χ0) is 30.5. The van der Waals surface area contributed by atoms with Gasteiger partial charge < -0.3 is 15.0 Å². The van der Waals surface area contributed by atoms with Gasteiger partial charge in [-0.2, -0.15) is 0 Å². The van der Waals surface area contributed by atoms with E-state index in [1.54, 1.807) is 48.4 Å². The van der Waals surface area contributed by atoms with E-state index >= 15 is 0 Å². The molecule has 42 heavy (non-hydrogen) atoms. The van der Waals surface area contributed by atoms with E-state index in [0.29, 0.717) is 29.4 Å². The Morgan fingerprint density at radius 2 is 1.60 bits per heavy atom. The summed E-state index contributed by atoms with van der Waals surface area (Å²) >= 11 is 6.10. The van der Waals surface area contributed by atoms with Crippen LogP contribution in [0.15, 0.2) is 78.9 Å². The van der Waals surface area contributed by atoms with Crippen LogP contribution in [0, 0.1) is 0 Å². The molecule has 3 rings (SSSR count). The van der Waals surface area contributed by atoms with Crippen LogP contribution < -0.4 is 14.4 Å². The molecule has 0 unspecified atom stereocenters. The summed E-state index contributed by atoms with van der Waals surface area (Å²) in [7, 11) is -2.06. The normalized spacial score (nSPS) is 11.9. The van der Waals surface area contributed by atoms with Crippen molar-refractivity contribution in [2.24, 2.45) is 0 Å². The lowest BCUT2D eigenvalue weighted by atomic mass is 10.0. The van der Waals surface area contributed by atoms with Crippen LogP contribution in [0.25, 0.3) is 0 Å². The summed E-state index contributed by atoms with van der Waals surface area (Å²) in [6.07, 6.45) is 3.58. The number of unbranched alkanes of at least 4 members (excludes halogenated alkanes) is 1. The molecule has 0 spiro atoms. The number of methoxy groups -OCH3 is 1. The van der Waals surface area contributed by atoms with E-state index in [4.69, 9.17) is 16.3 Å². The molecule has 0 aliphatic rings. The van der Waals surface area contributed by atoms with Crippen LogP contribution in [0.5, 0.6) is 5.75 Å². The first kappa shape index (κ1) is 32.9. The number of carbonyl (C=O) groups is 2. The van der Waals surface area contributed by atoms with Crippen LogP contribution in [0.4, 0.5) is 5.69 Å². The molecule has 0 heterocycles. The van der Waals surface area contributed by atoms with Crippen LogP contribution in [0.1, 0.15) is 43.7 Å². The number of nitrogens with one attached hydrogen (secondary N) is 1. The molecule has 10 heteroatoms. The summed E-state index contributed by atoms with van der Waals surface area (Å²) in [4.78, 5) is 29.0. The van der Waals surface area contributed by atoms with Gasteiger partial charge in [0.15, 0.2) is 0 Å². The fourth-order valence-corrected chi connectivity index (χ4v) is 5.69. The third kappa shape index (κ3) is 10.1. The second-order valence-corrected chi connectivity index (χ2v) is 12.5. The highest BCUT2D eigenvalue weighted by atomic mass is 35.5. The van der Waals surface area contributed by atoms with Gasteiger partial charge in [0.05, 0.1) is 19.1 Å². The summed E-state index contributed by atoms with van der Waals surface area (Å²) < 4.78 is 31.7. The zero-order valence-corrected chi connectivity index (χ0v) is 26.0. The average Bonchev–Trinajstić information content (AvgIpc) is 2.98. The Balaban J connectivity index is 1.85. The first-order valence-corrected chi connectivity index (χ1v) is 16.3. The molecule has 0 aliphatic carbocycles. The lowest BCUT2D eigenvalue weighted by Crippen LogP contribution is -2.50. The number of rotatable bonds is 16. The van der Waals surface area contributed by atoms with Crippen LogP contribution in [-0.4, -0.2) is 57.6 Å². The zero-order valence-electron chi connectivity index (χ0n) is 24.5. The molecule has 0 bridgehead atoms. The second-order valence-electron chi connectivity index (χ2n) is 10.1. The minimum atomic E-state index is -3.60. The van der Waals surface area contributed by atoms with Crippen LogP contribution >= 0.6 is 11.6 Å². The van der Waals surface area contributed by atoms with E-state index in [-0.39, 0.29) is 37.7 Å². The van der Waals surface area contributed by atoms with Gasteiger partial charge in [-0.25, -0.2) is 8.42 Å². The molecule has 2 amide bonds. The number of halogens is 1. The number of benzene rings is 3. The molecule has 0 radical (unpaired) electrons. The summed E-state index contributed by atoms with van der Waals surface area (Å²) in [5.41, 5.74) is 2.26.